The highest BCUT2D eigenvalue weighted by molar-refractivity contribution is 6.48. The Morgan fingerprint density at radius 3 is 2.03 bits per heavy atom. The predicted molar refractivity (Wildman–Crippen MR) is 119 cm³/mol. The Bertz CT molecular complexity index is 1110. The second-order valence-electron chi connectivity index (χ2n) is 6.97. The lowest BCUT2D eigenvalue weighted by atomic mass is 9.96. The van der Waals surface area contributed by atoms with E-state index in [4.69, 9.17) is 39.9 Å². The Morgan fingerprint density at radius 2 is 1.51 bits per heavy atom. The Labute approximate surface area is 209 Å². The van der Waals surface area contributed by atoms with Gasteiger partial charge in [-0.2, -0.15) is 26.3 Å². The van der Waals surface area contributed by atoms with Crippen molar-refractivity contribution >= 4 is 52.9 Å². The van der Waals surface area contributed by atoms with Gasteiger partial charge in [0.2, 0.25) is 0 Å². The molecule has 1 unspecified atom stereocenters. The maximum atomic E-state index is 13.7. The molecule has 14 heteroatoms. The number of hydrogen-bond acceptors (Lipinski definition) is 2. The summed E-state index contributed by atoms with van der Waals surface area (Å²) in [5.74, 6) is -3.41. The molecule has 0 aliphatic carbocycles. The quantitative estimate of drug-likeness (QED) is 0.192. The fraction of sp³-hybridized carbons (Fsp3) is 0.238. The first kappa shape index (κ1) is 28.6. The molecule has 0 bridgehead atoms. The standard InChI is InChI=1S/C21H15Cl3F6N2O3/c22-15-8-11(9-16(23)17(15)24)13(20(25,26)27)4-2-10-1-3-12(14(7-10)21(28,29)30)18(33)31-5-6-32-19(34)35/h1-4,7-9,13,32H,5-6H2,(H,31,33)(H,34,35). The molecule has 35 heavy (non-hydrogen) atoms. The summed E-state index contributed by atoms with van der Waals surface area (Å²) in [7, 11) is 0. The number of rotatable bonds is 7. The molecule has 1 atom stereocenters. The van der Waals surface area contributed by atoms with Crippen molar-refractivity contribution in [1.82, 2.24) is 10.6 Å². The average Bonchev–Trinajstić information content (AvgIpc) is 2.73. The van der Waals surface area contributed by atoms with E-state index in [-0.39, 0.29) is 39.3 Å². The zero-order chi connectivity index (χ0) is 26.6. The van der Waals surface area contributed by atoms with Crippen LogP contribution < -0.4 is 10.6 Å². The van der Waals surface area contributed by atoms with Gasteiger partial charge < -0.3 is 15.7 Å². The third kappa shape index (κ3) is 7.94. The minimum absolute atomic E-state index is 0.149. The van der Waals surface area contributed by atoms with Crippen molar-refractivity contribution in [1.29, 1.82) is 0 Å². The second-order valence-corrected chi connectivity index (χ2v) is 8.16. The fourth-order valence-corrected chi connectivity index (χ4v) is 3.52. The summed E-state index contributed by atoms with van der Waals surface area (Å²) < 4.78 is 81.6. The smallest absolute Gasteiger partial charge is 0.417 e. The number of halogens is 9. The summed E-state index contributed by atoms with van der Waals surface area (Å²) in [5.41, 5.74) is -2.81. The van der Waals surface area contributed by atoms with Crippen LogP contribution in [-0.4, -0.2) is 36.4 Å². The van der Waals surface area contributed by atoms with Gasteiger partial charge in [-0.15, -0.1) is 0 Å². The number of nitrogens with one attached hydrogen (secondary N) is 2. The van der Waals surface area contributed by atoms with Gasteiger partial charge in [0.25, 0.3) is 5.91 Å². The molecule has 5 nitrogen and oxygen atoms in total. The SMILES string of the molecule is O=C(O)NCCNC(=O)c1ccc(C=CC(c2cc(Cl)c(Cl)c(Cl)c2)C(F)(F)F)cc1C(F)(F)F. The molecular formula is C21H15Cl3F6N2O3. The van der Waals surface area contributed by atoms with E-state index in [0.717, 1.165) is 30.3 Å². The number of carboxylic acid groups (broad SMARTS) is 1. The van der Waals surface area contributed by atoms with Crippen molar-refractivity contribution in [2.24, 2.45) is 0 Å². The maximum absolute atomic E-state index is 13.7. The van der Waals surface area contributed by atoms with E-state index in [1.165, 1.54) is 0 Å². The van der Waals surface area contributed by atoms with Gasteiger partial charge in [0.1, 0.15) is 0 Å². The van der Waals surface area contributed by atoms with E-state index in [9.17, 15) is 35.9 Å². The van der Waals surface area contributed by atoms with Crippen LogP contribution in [0.2, 0.25) is 15.1 Å². The summed E-state index contributed by atoms with van der Waals surface area (Å²) in [6.07, 6.45) is -9.78. The molecule has 0 spiro atoms. The molecular weight excluding hydrogens is 549 g/mol. The van der Waals surface area contributed by atoms with Gasteiger partial charge in [0.15, 0.2) is 0 Å². The van der Waals surface area contributed by atoms with Crippen LogP contribution in [0.4, 0.5) is 31.1 Å². The molecule has 190 valence electrons. The molecule has 3 N–H and O–H groups in total. The first-order valence-corrected chi connectivity index (χ1v) is 10.6. The van der Waals surface area contributed by atoms with E-state index in [1.807, 2.05) is 5.32 Å². The Hall–Kier alpha value is -2.63. The van der Waals surface area contributed by atoms with Crippen molar-refractivity contribution < 1.29 is 41.0 Å². The van der Waals surface area contributed by atoms with E-state index in [2.05, 4.69) is 5.32 Å². The molecule has 0 saturated heterocycles. The summed E-state index contributed by atoms with van der Waals surface area (Å²) in [4.78, 5) is 22.5. The summed E-state index contributed by atoms with van der Waals surface area (Å²) in [6.45, 7) is -0.537. The molecule has 0 heterocycles. The van der Waals surface area contributed by atoms with E-state index in [0.29, 0.717) is 12.1 Å². The van der Waals surface area contributed by atoms with Crippen LogP contribution >= 0.6 is 34.8 Å². The minimum atomic E-state index is -5.00. The minimum Gasteiger partial charge on any atom is -0.465 e. The summed E-state index contributed by atoms with van der Waals surface area (Å²) in [6, 6.07) is 4.26. The largest absolute Gasteiger partial charge is 0.465 e. The maximum Gasteiger partial charge on any atom is 0.417 e. The first-order chi connectivity index (χ1) is 16.1. The van der Waals surface area contributed by atoms with Gasteiger partial charge in [-0.3, -0.25) is 4.79 Å². The van der Waals surface area contributed by atoms with Crippen molar-refractivity contribution in [3.63, 3.8) is 0 Å². The highest BCUT2D eigenvalue weighted by atomic mass is 35.5. The van der Waals surface area contributed by atoms with E-state index >= 15 is 0 Å². The van der Waals surface area contributed by atoms with E-state index < -0.39 is 41.4 Å². The molecule has 2 aromatic carbocycles. The van der Waals surface area contributed by atoms with Crippen molar-refractivity contribution in [3.8, 4) is 0 Å². The lowest BCUT2D eigenvalue weighted by Gasteiger charge is -2.19. The fourth-order valence-electron chi connectivity index (χ4n) is 2.91. The highest BCUT2D eigenvalue weighted by Gasteiger charge is 2.40. The average molecular weight is 564 g/mol. The number of carbonyl (C=O) groups is 2. The third-order valence-corrected chi connectivity index (χ3v) is 5.68. The van der Waals surface area contributed by atoms with E-state index in [1.54, 1.807) is 0 Å². The number of hydrogen-bond donors (Lipinski definition) is 3. The lowest BCUT2D eigenvalue weighted by molar-refractivity contribution is -0.139. The molecule has 2 aromatic rings. The third-order valence-electron chi connectivity index (χ3n) is 4.48. The number of amides is 2. The molecule has 0 aromatic heterocycles. The normalized spacial score (nSPS) is 13.1. The molecule has 0 fully saturated rings. The van der Waals surface area contributed by atoms with Crippen molar-refractivity contribution in [2.75, 3.05) is 13.1 Å². The molecule has 2 rings (SSSR count). The summed E-state index contributed by atoms with van der Waals surface area (Å²) in [5, 5.41) is 11.9. The summed E-state index contributed by atoms with van der Waals surface area (Å²) >= 11 is 17.4. The monoisotopic (exact) mass is 562 g/mol. The molecule has 0 saturated carbocycles. The van der Waals surface area contributed by atoms with Gasteiger partial charge in [-0.25, -0.2) is 4.79 Å². The highest BCUT2D eigenvalue weighted by Crippen LogP contribution is 2.41. The van der Waals surface area contributed by atoms with Crippen LogP contribution in [-0.2, 0) is 6.18 Å². The van der Waals surface area contributed by atoms with Crippen LogP contribution in [0, 0.1) is 0 Å². The van der Waals surface area contributed by atoms with Crippen LogP contribution in [0.5, 0.6) is 0 Å². The predicted octanol–water partition coefficient (Wildman–Crippen LogP) is 7.02. The van der Waals surface area contributed by atoms with Crippen LogP contribution in [0.15, 0.2) is 36.4 Å². The molecule has 0 aliphatic heterocycles. The van der Waals surface area contributed by atoms with Crippen molar-refractivity contribution in [2.45, 2.75) is 18.3 Å². The zero-order valence-electron chi connectivity index (χ0n) is 17.2. The van der Waals surface area contributed by atoms with Gasteiger partial charge in [0, 0.05) is 13.1 Å². The molecule has 0 aliphatic rings. The van der Waals surface area contributed by atoms with Crippen LogP contribution in [0.3, 0.4) is 0 Å². The second kappa shape index (κ2) is 11.4. The Morgan fingerprint density at radius 1 is 0.943 bits per heavy atom. The Kier molecular flexibility index (Phi) is 9.32. The van der Waals surface area contributed by atoms with Crippen molar-refractivity contribution in [3.05, 3.63) is 73.7 Å². The molecule has 0 radical (unpaired) electrons. The lowest BCUT2D eigenvalue weighted by Crippen LogP contribution is -2.34. The number of alkyl halides is 6. The van der Waals surface area contributed by atoms with Crippen LogP contribution in [0.1, 0.15) is 33.0 Å². The zero-order valence-corrected chi connectivity index (χ0v) is 19.5. The topological polar surface area (TPSA) is 78.4 Å². The molecule has 2 amide bonds. The first-order valence-electron chi connectivity index (χ1n) is 9.47. The Balaban J connectivity index is 2.38. The van der Waals surface area contributed by atoms with Gasteiger partial charge in [-0.1, -0.05) is 53.0 Å². The number of benzene rings is 2. The van der Waals surface area contributed by atoms with Gasteiger partial charge in [0.05, 0.1) is 32.1 Å². The number of carbonyl (C=O) groups excluding carboxylic acids is 1. The number of allylic oxidation sites excluding steroid dienone is 1. The van der Waals surface area contributed by atoms with Crippen LogP contribution in [0.25, 0.3) is 6.08 Å². The van der Waals surface area contributed by atoms with Gasteiger partial charge >= 0.3 is 18.4 Å². The van der Waals surface area contributed by atoms with Gasteiger partial charge in [-0.05, 0) is 35.4 Å².